The average Bonchev–Trinajstić information content (AvgIpc) is 2.65. The number of nitrogens with zero attached hydrogens (tertiary/aromatic N) is 2. The summed E-state index contributed by atoms with van der Waals surface area (Å²) in [4.78, 5) is 12.0. The minimum atomic E-state index is -0.114. The van der Waals surface area contributed by atoms with Crippen LogP contribution in [0.2, 0.25) is 0 Å². The second-order valence-electron chi connectivity index (χ2n) is 5.69. The van der Waals surface area contributed by atoms with Gasteiger partial charge in [-0.2, -0.15) is 0 Å². The molecule has 0 aliphatic carbocycles. The molecule has 0 unspecified atom stereocenters. The van der Waals surface area contributed by atoms with Gasteiger partial charge in [0.1, 0.15) is 0 Å². The molecule has 0 saturated heterocycles. The second kappa shape index (κ2) is 8.06. The lowest BCUT2D eigenvalue weighted by Gasteiger charge is -2.07. The molecule has 1 aromatic heterocycles. The Morgan fingerprint density at radius 1 is 0.840 bits per heavy atom. The van der Waals surface area contributed by atoms with Gasteiger partial charge in [0, 0.05) is 5.69 Å². The van der Waals surface area contributed by atoms with Crippen molar-refractivity contribution in [2.24, 2.45) is 0 Å². The third kappa shape index (κ3) is 4.88. The first-order valence-corrected chi connectivity index (χ1v) is 8.26. The molecule has 2 aromatic carbocycles. The maximum atomic E-state index is 12.0. The Kier molecular flexibility index (Phi) is 5.36. The number of hydrogen-bond acceptors (Lipinski definition) is 4. The lowest BCUT2D eigenvalue weighted by molar-refractivity contribution is -0.115. The molecule has 25 heavy (non-hydrogen) atoms. The van der Waals surface area contributed by atoms with E-state index in [0.717, 1.165) is 17.7 Å². The molecule has 126 valence electrons. The number of rotatable bonds is 6. The SMILES string of the molecule is CCc1ccc(Nc2ccc(NC(=O)Cc3ccccc3)nn2)cc1. The molecule has 2 N–H and O–H groups in total. The van der Waals surface area contributed by atoms with Crippen LogP contribution in [-0.4, -0.2) is 16.1 Å². The number of anilines is 3. The molecule has 0 aliphatic rings. The van der Waals surface area contributed by atoms with Gasteiger partial charge in [0.05, 0.1) is 6.42 Å². The highest BCUT2D eigenvalue weighted by Gasteiger charge is 2.05. The summed E-state index contributed by atoms with van der Waals surface area (Å²) in [6.45, 7) is 2.12. The molecule has 1 amide bonds. The summed E-state index contributed by atoms with van der Waals surface area (Å²) >= 11 is 0. The standard InChI is InChI=1S/C20H20N4O/c1-2-15-8-10-17(11-9-15)21-18-12-13-19(24-23-18)22-20(25)14-16-6-4-3-5-7-16/h3-13H,2,14H2,1H3,(H,21,23)(H,22,24,25). The first kappa shape index (κ1) is 16.6. The molecule has 0 bridgehead atoms. The second-order valence-corrected chi connectivity index (χ2v) is 5.69. The zero-order valence-electron chi connectivity index (χ0n) is 14.1. The Bertz CT molecular complexity index is 815. The molecule has 0 fully saturated rings. The first-order valence-electron chi connectivity index (χ1n) is 8.26. The van der Waals surface area contributed by atoms with E-state index < -0.39 is 0 Å². The van der Waals surface area contributed by atoms with Crippen LogP contribution in [0.3, 0.4) is 0 Å². The Morgan fingerprint density at radius 3 is 2.16 bits per heavy atom. The third-order valence-corrected chi connectivity index (χ3v) is 3.77. The first-order chi connectivity index (χ1) is 12.2. The van der Waals surface area contributed by atoms with Gasteiger partial charge in [-0.25, -0.2) is 0 Å². The van der Waals surface area contributed by atoms with Crippen LogP contribution in [0, 0.1) is 0 Å². The molecule has 0 radical (unpaired) electrons. The van der Waals surface area contributed by atoms with E-state index in [-0.39, 0.29) is 5.91 Å². The van der Waals surface area contributed by atoms with Crippen LogP contribution in [0.15, 0.2) is 66.7 Å². The van der Waals surface area contributed by atoms with Crippen molar-refractivity contribution in [3.8, 4) is 0 Å². The van der Waals surface area contributed by atoms with Crippen LogP contribution in [0.25, 0.3) is 0 Å². The molecule has 1 heterocycles. The van der Waals surface area contributed by atoms with Gasteiger partial charge in [-0.3, -0.25) is 4.79 Å². The summed E-state index contributed by atoms with van der Waals surface area (Å²) in [5, 5.41) is 14.1. The summed E-state index contributed by atoms with van der Waals surface area (Å²) in [5.41, 5.74) is 3.20. The van der Waals surface area contributed by atoms with E-state index in [9.17, 15) is 4.79 Å². The number of amides is 1. The van der Waals surface area contributed by atoms with Crippen molar-refractivity contribution < 1.29 is 4.79 Å². The van der Waals surface area contributed by atoms with Gasteiger partial charge in [0.2, 0.25) is 5.91 Å². The molecule has 0 atom stereocenters. The number of aryl methyl sites for hydroxylation is 1. The maximum Gasteiger partial charge on any atom is 0.229 e. The Hall–Kier alpha value is -3.21. The van der Waals surface area contributed by atoms with E-state index >= 15 is 0 Å². The minimum Gasteiger partial charge on any atom is -0.339 e. The van der Waals surface area contributed by atoms with E-state index in [4.69, 9.17) is 0 Å². The van der Waals surface area contributed by atoms with Crippen molar-refractivity contribution in [3.63, 3.8) is 0 Å². The summed E-state index contributed by atoms with van der Waals surface area (Å²) in [6.07, 6.45) is 1.32. The van der Waals surface area contributed by atoms with Crippen LogP contribution in [0.1, 0.15) is 18.1 Å². The van der Waals surface area contributed by atoms with Gasteiger partial charge in [0.25, 0.3) is 0 Å². The predicted molar refractivity (Wildman–Crippen MR) is 99.9 cm³/mol. The smallest absolute Gasteiger partial charge is 0.229 e. The molecule has 0 aliphatic heterocycles. The molecule has 0 spiro atoms. The van der Waals surface area contributed by atoms with Gasteiger partial charge in [-0.05, 0) is 41.8 Å². The zero-order chi connectivity index (χ0) is 17.5. The van der Waals surface area contributed by atoms with Gasteiger partial charge >= 0.3 is 0 Å². The van der Waals surface area contributed by atoms with Crippen LogP contribution in [-0.2, 0) is 17.6 Å². The van der Waals surface area contributed by atoms with Gasteiger partial charge in [-0.1, -0.05) is 49.4 Å². The molecule has 5 heteroatoms. The number of hydrogen-bond donors (Lipinski definition) is 2. The number of nitrogens with one attached hydrogen (secondary N) is 2. The van der Waals surface area contributed by atoms with Gasteiger partial charge in [-0.15, -0.1) is 10.2 Å². The highest BCUT2D eigenvalue weighted by Crippen LogP contribution is 2.16. The van der Waals surface area contributed by atoms with Crippen molar-refractivity contribution in [3.05, 3.63) is 77.9 Å². The highest BCUT2D eigenvalue weighted by atomic mass is 16.1. The predicted octanol–water partition coefficient (Wildman–Crippen LogP) is 3.96. The van der Waals surface area contributed by atoms with E-state index in [1.807, 2.05) is 42.5 Å². The van der Waals surface area contributed by atoms with Gasteiger partial charge in [0.15, 0.2) is 11.6 Å². The van der Waals surface area contributed by atoms with Crippen molar-refractivity contribution >= 4 is 23.2 Å². The van der Waals surface area contributed by atoms with Crippen LogP contribution in [0.4, 0.5) is 17.3 Å². The Balaban J connectivity index is 1.57. The third-order valence-electron chi connectivity index (χ3n) is 3.77. The van der Waals surface area contributed by atoms with Crippen molar-refractivity contribution in [1.82, 2.24) is 10.2 Å². The van der Waals surface area contributed by atoms with E-state index in [1.54, 1.807) is 12.1 Å². The number of aromatic nitrogens is 2. The molecule has 3 rings (SSSR count). The zero-order valence-corrected chi connectivity index (χ0v) is 14.1. The van der Waals surface area contributed by atoms with Crippen LogP contribution >= 0.6 is 0 Å². The number of carbonyl (C=O) groups excluding carboxylic acids is 1. The fraction of sp³-hybridized carbons (Fsp3) is 0.150. The molecular weight excluding hydrogens is 312 g/mol. The van der Waals surface area contributed by atoms with E-state index in [1.165, 1.54) is 5.56 Å². The average molecular weight is 332 g/mol. The molecule has 3 aromatic rings. The summed E-state index contributed by atoms with van der Waals surface area (Å²) in [5.74, 6) is 0.953. The van der Waals surface area contributed by atoms with Gasteiger partial charge < -0.3 is 10.6 Å². The topological polar surface area (TPSA) is 66.9 Å². The minimum absolute atomic E-state index is 0.114. The lowest BCUT2D eigenvalue weighted by Crippen LogP contribution is -2.15. The molecule has 5 nitrogen and oxygen atoms in total. The lowest BCUT2D eigenvalue weighted by atomic mass is 10.1. The molecular formula is C20H20N4O. The van der Waals surface area contributed by atoms with Crippen molar-refractivity contribution in [2.75, 3.05) is 10.6 Å². The maximum absolute atomic E-state index is 12.0. The fourth-order valence-corrected chi connectivity index (χ4v) is 2.41. The Morgan fingerprint density at radius 2 is 1.52 bits per heavy atom. The monoisotopic (exact) mass is 332 g/mol. The van der Waals surface area contributed by atoms with Crippen molar-refractivity contribution in [1.29, 1.82) is 0 Å². The summed E-state index contributed by atoms with van der Waals surface area (Å²) in [7, 11) is 0. The normalized spacial score (nSPS) is 10.3. The quantitative estimate of drug-likeness (QED) is 0.717. The summed E-state index contributed by atoms with van der Waals surface area (Å²) in [6, 6.07) is 21.3. The van der Waals surface area contributed by atoms with E-state index in [0.29, 0.717) is 18.1 Å². The Labute approximate surface area is 147 Å². The van der Waals surface area contributed by atoms with Crippen LogP contribution < -0.4 is 10.6 Å². The van der Waals surface area contributed by atoms with E-state index in [2.05, 4.69) is 39.9 Å². The summed E-state index contributed by atoms with van der Waals surface area (Å²) < 4.78 is 0. The largest absolute Gasteiger partial charge is 0.339 e. The molecule has 0 saturated carbocycles. The number of carbonyl (C=O) groups is 1. The fourth-order valence-electron chi connectivity index (χ4n) is 2.41. The van der Waals surface area contributed by atoms with Crippen LogP contribution in [0.5, 0.6) is 0 Å². The van der Waals surface area contributed by atoms with Crippen molar-refractivity contribution in [2.45, 2.75) is 19.8 Å². The number of benzene rings is 2. The highest BCUT2D eigenvalue weighted by molar-refractivity contribution is 5.91.